The highest BCUT2D eigenvalue weighted by molar-refractivity contribution is 5.95. The Morgan fingerprint density at radius 2 is 1.73 bits per heavy atom. The lowest BCUT2D eigenvalue weighted by atomic mass is 9.90. The Labute approximate surface area is 152 Å². The molecule has 1 saturated heterocycles. The number of anilines is 2. The lowest BCUT2D eigenvalue weighted by Crippen LogP contribution is -2.28. The predicted molar refractivity (Wildman–Crippen MR) is 98.7 cm³/mol. The summed E-state index contributed by atoms with van der Waals surface area (Å²) in [6.07, 6.45) is 5.76. The first-order valence-corrected chi connectivity index (χ1v) is 9.01. The molecule has 2 fully saturated rings. The lowest BCUT2D eigenvalue weighted by molar-refractivity contribution is -0.119. The summed E-state index contributed by atoms with van der Waals surface area (Å²) in [5.74, 6) is 0.250. The van der Waals surface area contributed by atoms with Crippen LogP contribution in [-0.4, -0.2) is 34.7 Å². The van der Waals surface area contributed by atoms with Crippen molar-refractivity contribution < 1.29 is 9.59 Å². The van der Waals surface area contributed by atoms with Crippen LogP contribution in [0.25, 0.3) is 0 Å². The molecule has 1 saturated carbocycles. The van der Waals surface area contributed by atoms with Gasteiger partial charge in [-0.3, -0.25) is 14.3 Å². The second kappa shape index (κ2) is 6.92. The molecule has 1 aliphatic carbocycles. The van der Waals surface area contributed by atoms with Crippen LogP contribution in [-0.2, 0) is 16.6 Å². The van der Waals surface area contributed by atoms with E-state index in [9.17, 15) is 9.59 Å². The van der Waals surface area contributed by atoms with Crippen LogP contribution in [0.2, 0.25) is 0 Å². The van der Waals surface area contributed by atoms with E-state index in [1.165, 1.54) is 0 Å². The highest BCUT2D eigenvalue weighted by atomic mass is 16.2. The summed E-state index contributed by atoms with van der Waals surface area (Å²) >= 11 is 0. The number of aryl methyl sites for hydroxylation is 1. The molecule has 1 aliphatic heterocycles. The van der Waals surface area contributed by atoms with E-state index in [-0.39, 0.29) is 29.6 Å². The largest absolute Gasteiger partial charge is 0.326 e. The van der Waals surface area contributed by atoms with Gasteiger partial charge in [0.2, 0.25) is 11.8 Å². The molecule has 2 atom stereocenters. The second-order valence-corrected chi connectivity index (χ2v) is 7.15. The van der Waals surface area contributed by atoms with Crippen LogP contribution in [0.15, 0.2) is 36.7 Å². The van der Waals surface area contributed by atoms with Crippen molar-refractivity contribution in [3.05, 3.63) is 42.2 Å². The molecule has 4 rings (SSSR count). The summed E-state index contributed by atoms with van der Waals surface area (Å²) in [5.41, 5.74) is 2.57. The molecule has 7 nitrogen and oxygen atoms in total. The fourth-order valence-electron chi connectivity index (χ4n) is 3.40. The van der Waals surface area contributed by atoms with Gasteiger partial charge in [0.25, 0.3) is 0 Å². The molecule has 26 heavy (non-hydrogen) atoms. The average molecular weight is 353 g/mol. The number of nitrogens with one attached hydrogen (secondary N) is 3. The first-order chi connectivity index (χ1) is 12.6. The van der Waals surface area contributed by atoms with Crippen molar-refractivity contribution >= 4 is 23.2 Å². The normalized spacial score (nSPS) is 22.2. The fraction of sp³-hybridized carbons (Fsp3) is 0.421. The van der Waals surface area contributed by atoms with Gasteiger partial charge in [-0.1, -0.05) is 0 Å². The molecule has 3 N–H and O–H groups in total. The molecule has 1 aromatic carbocycles. The number of benzene rings is 1. The van der Waals surface area contributed by atoms with E-state index < -0.39 is 0 Å². The monoisotopic (exact) mass is 353 g/mol. The van der Waals surface area contributed by atoms with Crippen LogP contribution < -0.4 is 16.0 Å². The zero-order valence-electron chi connectivity index (χ0n) is 14.7. The number of hydrogen-bond donors (Lipinski definition) is 3. The van der Waals surface area contributed by atoms with Crippen LogP contribution in [0.3, 0.4) is 0 Å². The van der Waals surface area contributed by atoms with E-state index in [1.807, 2.05) is 43.7 Å². The third-order valence-corrected chi connectivity index (χ3v) is 5.07. The molecule has 2 aliphatic rings. The van der Waals surface area contributed by atoms with Crippen molar-refractivity contribution in [2.45, 2.75) is 18.8 Å². The van der Waals surface area contributed by atoms with E-state index in [4.69, 9.17) is 0 Å². The van der Waals surface area contributed by atoms with E-state index in [1.54, 1.807) is 4.68 Å². The van der Waals surface area contributed by atoms with Crippen molar-refractivity contribution in [3.63, 3.8) is 0 Å². The summed E-state index contributed by atoms with van der Waals surface area (Å²) in [6.45, 7) is 1.43. The maximum atomic E-state index is 12.7. The molecule has 2 aromatic rings. The van der Waals surface area contributed by atoms with E-state index >= 15 is 0 Å². The molecule has 1 aromatic heterocycles. The van der Waals surface area contributed by atoms with Gasteiger partial charge in [0.1, 0.15) is 0 Å². The molecule has 0 spiro atoms. The molecule has 0 bridgehead atoms. The van der Waals surface area contributed by atoms with E-state index in [0.717, 1.165) is 36.3 Å². The number of hydrogen-bond acceptors (Lipinski definition) is 4. The molecule has 2 heterocycles. The van der Waals surface area contributed by atoms with Gasteiger partial charge < -0.3 is 16.0 Å². The van der Waals surface area contributed by atoms with Gasteiger partial charge in [-0.25, -0.2) is 0 Å². The quantitative estimate of drug-likeness (QED) is 0.764. The van der Waals surface area contributed by atoms with Gasteiger partial charge in [-0.05, 0) is 42.7 Å². The van der Waals surface area contributed by atoms with Gasteiger partial charge in [0.15, 0.2) is 0 Å². The fourth-order valence-corrected chi connectivity index (χ4v) is 3.40. The summed E-state index contributed by atoms with van der Waals surface area (Å²) in [4.78, 5) is 24.5. The van der Waals surface area contributed by atoms with Gasteiger partial charge >= 0.3 is 0 Å². The Morgan fingerprint density at radius 3 is 2.31 bits per heavy atom. The third-order valence-electron chi connectivity index (χ3n) is 5.07. The molecule has 136 valence electrons. The Hall–Kier alpha value is -2.67. The number of aromatic nitrogens is 2. The number of amides is 2. The summed E-state index contributed by atoms with van der Waals surface area (Å²) in [7, 11) is 1.88. The highest BCUT2D eigenvalue weighted by Gasteiger charge is 2.34. The predicted octanol–water partition coefficient (Wildman–Crippen LogP) is 1.71. The van der Waals surface area contributed by atoms with Crippen LogP contribution in [0.4, 0.5) is 11.4 Å². The summed E-state index contributed by atoms with van der Waals surface area (Å²) < 4.78 is 1.76. The molecule has 7 heteroatoms. The van der Waals surface area contributed by atoms with E-state index in [2.05, 4.69) is 21.0 Å². The van der Waals surface area contributed by atoms with Crippen LogP contribution in [0.5, 0.6) is 0 Å². The SMILES string of the molecule is Cn1cc([C@H]2CNC[C@@H]2C(=O)Nc2ccc(NC(=O)C3CC3)cc2)cn1. The number of nitrogens with zero attached hydrogens (tertiary/aromatic N) is 2. The van der Waals surface area contributed by atoms with Crippen molar-refractivity contribution in [2.75, 3.05) is 23.7 Å². The van der Waals surface area contributed by atoms with Crippen molar-refractivity contribution in [1.29, 1.82) is 0 Å². The maximum Gasteiger partial charge on any atom is 0.229 e. The zero-order valence-corrected chi connectivity index (χ0v) is 14.7. The average Bonchev–Trinajstić information content (AvgIpc) is 3.21. The van der Waals surface area contributed by atoms with E-state index in [0.29, 0.717) is 6.54 Å². The first-order valence-electron chi connectivity index (χ1n) is 9.01. The minimum atomic E-state index is -0.131. The maximum absolute atomic E-state index is 12.7. The minimum absolute atomic E-state index is 0.00128. The summed E-state index contributed by atoms with van der Waals surface area (Å²) in [6, 6.07) is 7.28. The van der Waals surface area contributed by atoms with Crippen molar-refractivity contribution in [1.82, 2.24) is 15.1 Å². The Morgan fingerprint density at radius 1 is 1.08 bits per heavy atom. The number of carbonyl (C=O) groups excluding carboxylic acids is 2. The Bertz CT molecular complexity index is 810. The minimum Gasteiger partial charge on any atom is -0.326 e. The summed E-state index contributed by atoms with van der Waals surface area (Å²) in [5, 5.41) is 13.4. The highest BCUT2D eigenvalue weighted by Crippen LogP contribution is 2.31. The molecule has 0 radical (unpaired) electrons. The molecule has 2 amide bonds. The Balaban J connectivity index is 1.38. The van der Waals surface area contributed by atoms with Crippen LogP contribution in [0.1, 0.15) is 24.3 Å². The number of carbonyl (C=O) groups is 2. The second-order valence-electron chi connectivity index (χ2n) is 7.15. The van der Waals surface area contributed by atoms with Crippen molar-refractivity contribution in [3.8, 4) is 0 Å². The van der Waals surface area contributed by atoms with Crippen molar-refractivity contribution in [2.24, 2.45) is 18.9 Å². The molecular formula is C19H23N5O2. The van der Waals surface area contributed by atoms with Gasteiger partial charge in [-0.2, -0.15) is 5.10 Å². The van der Waals surface area contributed by atoms with Gasteiger partial charge in [0.05, 0.1) is 12.1 Å². The van der Waals surface area contributed by atoms with Crippen LogP contribution >= 0.6 is 0 Å². The third kappa shape index (κ3) is 3.62. The van der Waals surface area contributed by atoms with Gasteiger partial charge in [0, 0.05) is 49.5 Å². The zero-order chi connectivity index (χ0) is 18.1. The molecular weight excluding hydrogens is 330 g/mol. The smallest absolute Gasteiger partial charge is 0.229 e. The first kappa shape index (κ1) is 16.8. The van der Waals surface area contributed by atoms with Gasteiger partial charge in [-0.15, -0.1) is 0 Å². The van der Waals surface area contributed by atoms with Crippen LogP contribution in [0, 0.1) is 11.8 Å². The molecule has 0 unspecified atom stereocenters. The number of rotatable bonds is 5. The standard InChI is InChI=1S/C19H23N5O2/c1-24-11-13(8-21-24)16-9-20-10-17(16)19(26)23-15-6-4-14(5-7-15)22-18(25)12-2-3-12/h4-8,11-12,16-17,20H,2-3,9-10H2,1H3,(H,22,25)(H,23,26)/t16-,17+/m1/s1. The topological polar surface area (TPSA) is 88.0 Å². The Kier molecular flexibility index (Phi) is 4.46. The lowest BCUT2D eigenvalue weighted by Gasteiger charge is -2.17.